The van der Waals surface area contributed by atoms with Gasteiger partial charge in [0.05, 0.1) is 0 Å². The van der Waals surface area contributed by atoms with Crippen LogP contribution in [-0.2, 0) is 5.41 Å². The number of hydrogen-bond donors (Lipinski definition) is 0. The Bertz CT molecular complexity index is 250. The minimum Gasteiger partial charge on any atom is -0.224 e. The molecule has 1 aromatic heterocycles. The Morgan fingerprint density at radius 2 is 2.20 bits per heavy atom. The van der Waals surface area contributed by atoms with Crippen LogP contribution in [0.1, 0.15) is 30.6 Å². The molecule has 2 rings (SSSR count). The van der Waals surface area contributed by atoms with Gasteiger partial charge in [-0.05, 0) is 31.3 Å². The maximum atomic E-state index is 4.35. The van der Waals surface area contributed by atoms with Crippen LogP contribution in [0, 0.1) is 6.92 Å². The molecule has 2 nitrogen and oxygen atoms in total. The predicted octanol–water partition coefficient (Wildman–Crippen LogP) is 1.90. The summed E-state index contributed by atoms with van der Waals surface area (Å²) in [4.78, 5) is 4.35. The number of aromatic nitrogens is 2. The van der Waals surface area contributed by atoms with E-state index < -0.39 is 0 Å². The number of hydrogen-bond acceptors (Lipinski definition) is 3. The van der Waals surface area contributed by atoms with Crippen LogP contribution in [-0.4, -0.2) is 9.36 Å². The predicted molar refractivity (Wildman–Crippen MR) is 41.2 cm³/mol. The standard InChI is InChI=1S/C7H10N2S/c1-5-8-6(9-10-5)7(2)3-4-7/h3-4H2,1-2H3. The van der Waals surface area contributed by atoms with Gasteiger partial charge >= 0.3 is 0 Å². The summed E-state index contributed by atoms with van der Waals surface area (Å²) in [6.07, 6.45) is 2.53. The molecule has 0 unspecified atom stereocenters. The summed E-state index contributed by atoms with van der Waals surface area (Å²) in [5.41, 5.74) is 0.352. The van der Waals surface area contributed by atoms with Crippen molar-refractivity contribution >= 4 is 11.5 Å². The first-order valence-corrected chi connectivity index (χ1v) is 4.29. The van der Waals surface area contributed by atoms with Crippen LogP contribution in [0.2, 0.25) is 0 Å². The lowest BCUT2D eigenvalue weighted by Gasteiger charge is -1.98. The minimum absolute atomic E-state index is 0.352. The highest BCUT2D eigenvalue weighted by atomic mass is 32.1. The van der Waals surface area contributed by atoms with Crippen molar-refractivity contribution in [3.05, 3.63) is 10.8 Å². The molecule has 0 aliphatic heterocycles. The number of nitrogens with zero attached hydrogens (tertiary/aromatic N) is 2. The first-order chi connectivity index (χ1) is 4.71. The number of aryl methyl sites for hydroxylation is 1. The summed E-state index contributed by atoms with van der Waals surface area (Å²) < 4.78 is 4.28. The molecule has 54 valence electrons. The third-order valence-electron chi connectivity index (χ3n) is 2.07. The SMILES string of the molecule is Cc1nc(C2(C)CC2)ns1. The molecule has 1 saturated carbocycles. The van der Waals surface area contributed by atoms with Gasteiger partial charge in [-0.25, -0.2) is 4.98 Å². The zero-order chi connectivity index (χ0) is 7.19. The van der Waals surface area contributed by atoms with Gasteiger partial charge < -0.3 is 0 Å². The van der Waals surface area contributed by atoms with E-state index >= 15 is 0 Å². The second-order valence-electron chi connectivity index (χ2n) is 3.20. The van der Waals surface area contributed by atoms with Gasteiger partial charge in [0.1, 0.15) is 10.8 Å². The summed E-state index contributed by atoms with van der Waals surface area (Å²) in [7, 11) is 0. The first kappa shape index (κ1) is 6.28. The van der Waals surface area contributed by atoms with E-state index in [1.165, 1.54) is 24.4 Å². The van der Waals surface area contributed by atoms with E-state index in [0.29, 0.717) is 5.41 Å². The third-order valence-corrected chi connectivity index (χ3v) is 2.69. The molecule has 0 saturated heterocycles. The molecule has 0 radical (unpaired) electrons. The molecular weight excluding hydrogens is 144 g/mol. The quantitative estimate of drug-likeness (QED) is 0.617. The summed E-state index contributed by atoms with van der Waals surface area (Å²) in [6.45, 7) is 4.24. The average Bonchev–Trinajstić information content (AvgIpc) is 2.45. The molecule has 1 aliphatic rings. The van der Waals surface area contributed by atoms with Crippen LogP contribution in [0.3, 0.4) is 0 Å². The number of rotatable bonds is 1. The zero-order valence-corrected chi connectivity index (χ0v) is 7.03. The van der Waals surface area contributed by atoms with Crippen LogP contribution >= 0.6 is 11.5 Å². The van der Waals surface area contributed by atoms with E-state index in [-0.39, 0.29) is 0 Å². The smallest absolute Gasteiger partial charge is 0.148 e. The Morgan fingerprint density at radius 1 is 1.50 bits per heavy atom. The molecule has 0 atom stereocenters. The summed E-state index contributed by atoms with van der Waals surface area (Å²) in [6, 6.07) is 0. The van der Waals surface area contributed by atoms with Crippen LogP contribution in [0.5, 0.6) is 0 Å². The Hall–Kier alpha value is -0.440. The molecule has 1 fully saturated rings. The summed E-state index contributed by atoms with van der Waals surface area (Å²) in [5.74, 6) is 1.06. The molecule has 1 aliphatic carbocycles. The maximum Gasteiger partial charge on any atom is 0.148 e. The maximum absolute atomic E-state index is 4.35. The van der Waals surface area contributed by atoms with Crippen molar-refractivity contribution in [1.82, 2.24) is 9.36 Å². The molecule has 0 spiro atoms. The van der Waals surface area contributed by atoms with E-state index in [0.717, 1.165) is 10.8 Å². The highest BCUT2D eigenvalue weighted by molar-refractivity contribution is 7.05. The lowest BCUT2D eigenvalue weighted by molar-refractivity contribution is 0.725. The highest BCUT2D eigenvalue weighted by Gasteiger charge is 2.42. The molecule has 1 aromatic rings. The molecule has 3 heteroatoms. The second kappa shape index (κ2) is 1.78. The van der Waals surface area contributed by atoms with Gasteiger partial charge in [0.2, 0.25) is 0 Å². The Labute approximate surface area is 64.5 Å². The fourth-order valence-electron chi connectivity index (χ4n) is 0.956. The zero-order valence-electron chi connectivity index (χ0n) is 6.22. The van der Waals surface area contributed by atoms with Crippen molar-refractivity contribution in [3.63, 3.8) is 0 Å². The lowest BCUT2D eigenvalue weighted by atomic mass is 10.1. The van der Waals surface area contributed by atoms with Gasteiger partial charge in [-0.3, -0.25) is 0 Å². The summed E-state index contributed by atoms with van der Waals surface area (Å²) >= 11 is 1.51. The molecule has 10 heavy (non-hydrogen) atoms. The van der Waals surface area contributed by atoms with Gasteiger partial charge in [0, 0.05) is 5.41 Å². The van der Waals surface area contributed by atoms with Crippen LogP contribution in [0.4, 0.5) is 0 Å². The fraction of sp³-hybridized carbons (Fsp3) is 0.714. The fourth-order valence-corrected chi connectivity index (χ4v) is 1.56. The Balaban J connectivity index is 2.34. The van der Waals surface area contributed by atoms with Crippen molar-refractivity contribution in [3.8, 4) is 0 Å². The van der Waals surface area contributed by atoms with Gasteiger partial charge in [-0.15, -0.1) is 0 Å². The molecule has 0 aromatic carbocycles. The normalized spacial score (nSPS) is 21.0. The van der Waals surface area contributed by atoms with Gasteiger partial charge in [-0.1, -0.05) is 6.92 Å². The van der Waals surface area contributed by atoms with E-state index in [1.54, 1.807) is 0 Å². The van der Waals surface area contributed by atoms with Crippen LogP contribution < -0.4 is 0 Å². The van der Waals surface area contributed by atoms with Crippen LogP contribution in [0.15, 0.2) is 0 Å². The first-order valence-electron chi connectivity index (χ1n) is 3.51. The Kier molecular flexibility index (Phi) is 1.12. The van der Waals surface area contributed by atoms with E-state index in [1.807, 2.05) is 6.92 Å². The lowest BCUT2D eigenvalue weighted by Crippen LogP contribution is -2.01. The van der Waals surface area contributed by atoms with E-state index in [2.05, 4.69) is 16.3 Å². The van der Waals surface area contributed by atoms with Gasteiger partial charge in [0.15, 0.2) is 0 Å². The van der Waals surface area contributed by atoms with E-state index in [4.69, 9.17) is 0 Å². The van der Waals surface area contributed by atoms with Crippen LogP contribution in [0.25, 0.3) is 0 Å². The minimum atomic E-state index is 0.352. The third kappa shape index (κ3) is 0.850. The van der Waals surface area contributed by atoms with Gasteiger partial charge in [-0.2, -0.15) is 4.37 Å². The molecule has 0 bridgehead atoms. The van der Waals surface area contributed by atoms with E-state index in [9.17, 15) is 0 Å². The van der Waals surface area contributed by atoms with Crippen molar-refractivity contribution < 1.29 is 0 Å². The molecule has 0 N–H and O–H groups in total. The molecule has 1 heterocycles. The van der Waals surface area contributed by atoms with Crippen molar-refractivity contribution in [2.75, 3.05) is 0 Å². The van der Waals surface area contributed by atoms with Crippen molar-refractivity contribution in [2.45, 2.75) is 32.1 Å². The second-order valence-corrected chi connectivity index (χ2v) is 4.15. The molecular formula is C7H10N2S. The molecule has 0 amide bonds. The topological polar surface area (TPSA) is 25.8 Å². The largest absolute Gasteiger partial charge is 0.224 e. The van der Waals surface area contributed by atoms with Crippen molar-refractivity contribution in [1.29, 1.82) is 0 Å². The highest BCUT2D eigenvalue weighted by Crippen LogP contribution is 2.46. The van der Waals surface area contributed by atoms with Crippen molar-refractivity contribution in [2.24, 2.45) is 0 Å². The van der Waals surface area contributed by atoms with Gasteiger partial charge in [0.25, 0.3) is 0 Å². The Morgan fingerprint density at radius 3 is 2.60 bits per heavy atom. The average molecular weight is 154 g/mol. The monoisotopic (exact) mass is 154 g/mol. The summed E-state index contributed by atoms with van der Waals surface area (Å²) in [5, 5.41) is 1.09.